The Balaban J connectivity index is 0.000000229. The molecule has 10 aromatic rings. The van der Waals surface area contributed by atoms with Crippen LogP contribution < -0.4 is 15.6 Å². The van der Waals surface area contributed by atoms with Gasteiger partial charge in [-0.2, -0.15) is 0 Å². The SMILES string of the molecule is CC.COCCn1c(Cc2c(F)cc(-c3cccnc3OCc3ccccc3)cc2F)nc2ccc(C(=O)O)cc21.COCCn1c(Cc2c(F)cc(-c3cncnc3OCc3ccc(C)cc3F)cc2F)nc2ccc(C(=O)O)cc21.N. The number of methoxy groups -OCH3 is 2. The fraction of sp³-hybridized carbons (Fsp3) is 0.210. The Kier molecular flexibility index (Phi) is 20.9. The average molecular weight is 1140 g/mol. The number of carboxylic acids is 2. The van der Waals surface area contributed by atoms with Crippen molar-refractivity contribution in [3.63, 3.8) is 0 Å². The summed E-state index contributed by atoms with van der Waals surface area (Å²) in [5.41, 5.74) is 5.02. The van der Waals surface area contributed by atoms with Crippen molar-refractivity contribution in [1.82, 2.24) is 40.2 Å². The molecule has 0 aliphatic heterocycles. The van der Waals surface area contributed by atoms with Gasteiger partial charge < -0.3 is 44.4 Å². The number of carbonyl (C=O) groups is 2. The van der Waals surface area contributed by atoms with Crippen LogP contribution in [0.2, 0.25) is 0 Å². The number of aromatic carboxylic acids is 2. The lowest BCUT2D eigenvalue weighted by Crippen LogP contribution is -2.11. The summed E-state index contributed by atoms with van der Waals surface area (Å²) in [4.78, 5) is 44.3. The van der Waals surface area contributed by atoms with Crippen LogP contribution in [-0.2, 0) is 48.6 Å². The molecule has 0 atom stereocenters. The van der Waals surface area contributed by atoms with Gasteiger partial charge in [-0.05, 0) is 108 Å². The van der Waals surface area contributed by atoms with Gasteiger partial charge in [-0.25, -0.2) is 56.5 Å². The molecule has 0 fully saturated rings. The third kappa shape index (κ3) is 14.6. The van der Waals surface area contributed by atoms with Crippen LogP contribution in [0.15, 0.2) is 140 Å². The largest absolute Gasteiger partial charge is 0.478 e. The fourth-order valence-corrected chi connectivity index (χ4v) is 8.91. The number of pyridine rings is 1. The number of imidazole rings is 2. The number of nitrogens with zero attached hydrogens (tertiary/aromatic N) is 7. The van der Waals surface area contributed by atoms with Crippen molar-refractivity contribution in [3.8, 4) is 34.0 Å². The Labute approximate surface area is 474 Å². The molecule has 16 nitrogen and oxygen atoms in total. The molecule has 0 spiro atoms. The van der Waals surface area contributed by atoms with E-state index in [0.29, 0.717) is 70.1 Å². The first-order valence-corrected chi connectivity index (χ1v) is 25.9. The number of rotatable bonds is 20. The minimum absolute atomic E-state index is 0. The second-order valence-corrected chi connectivity index (χ2v) is 18.3. The number of fused-ring (bicyclic) bond motifs is 2. The quantitative estimate of drug-likeness (QED) is 0.0605. The minimum atomic E-state index is -1.10. The first kappa shape index (κ1) is 61.2. The summed E-state index contributed by atoms with van der Waals surface area (Å²) >= 11 is 0. The molecular formula is C62H59F5N8O8. The minimum Gasteiger partial charge on any atom is -0.478 e. The van der Waals surface area contributed by atoms with Gasteiger partial charge >= 0.3 is 11.9 Å². The van der Waals surface area contributed by atoms with Crippen LogP contribution in [0.5, 0.6) is 11.8 Å². The molecule has 5 N–H and O–H groups in total. The van der Waals surface area contributed by atoms with E-state index in [0.717, 1.165) is 23.3 Å². The molecule has 430 valence electrons. The van der Waals surface area contributed by atoms with E-state index >= 15 is 17.6 Å². The zero-order valence-corrected chi connectivity index (χ0v) is 46.0. The van der Waals surface area contributed by atoms with Gasteiger partial charge in [-0.3, -0.25) is 0 Å². The molecule has 0 unspecified atom stereocenters. The van der Waals surface area contributed by atoms with Crippen LogP contribution in [0.1, 0.15) is 74.0 Å². The second-order valence-electron chi connectivity index (χ2n) is 18.3. The fourth-order valence-electron chi connectivity index (χ4n) is 8.91. The summed E-state index contributed by atoms with van der Waals surface area (Å²) in [6, 6.07) is 31.5. The molecular weight excluding hydrogens is 1080 g/mol. The van der Waals surface area contributed by atoms with Crippen molar-refractivity contribution < 1.29 is 60.7 Å². The standard InChI is InChI=1S/C30H25F3N4O4.C30H25F2N3O4.C2H6.H3N/c1-17-3-4-19(23(31)9-17)15-41-29-22(14-34-16-35-29)20-10-24(32)21(25(33)11-20)13-28-36-26-6-5-18(30(38)39)12-27(26)37(28)7-8-40-2;1-38-13-12-35-27-16-20(30(36)37)9-10-26(27)34-28(35)17-23-24(31)14-21(15-25(23)32)22-8-5-11-33-29(22)39-18-19-6-3-2-4-7-19;1-2;/h3-6,9-12,14,16H,7-8,13,15H2,1-2H3,(H,38,39);2-11,14-16H,12-13,17-18H2,1H3,(H,36,37);1-2H3;1H3. The van der Waals surface area contributed by atoms with Gasteiger partial charge in [0.05, 0.1) is 52.0 Å². The third-order valence-electron chi connectivity index (χ3n) is 13.0. The molecule has 21 heteroatoms. The highest BCUT2D eigenvalue weighted by atomic mass is 19.1. The maximum absolute atomic E-state index is 15.5. The van der Waals surface area contributed by atoms with Crippen LogP contribution in [0.4, 0.5) is 22.0 Å². The highest BCUT2D eigenvalue weighted by Gasteiger charge is 2.23. The van der Waals surface area contributed by atoms with Crippen LogP contribution >= 0.6 is 0 Å². The maximum atomic E-state index is 15.5. The van der Waals surface area contributed by atoms with E-state index in [1.54, 1.807) is 58.7 Å². The third-order valence-corrected chi connectivity index (χ3v) is 13.0. The normalized spacial score (nSPS) is 10.9. The lowest BCUT2D eigenvalue weighted by Gasteiger charge is -2.13. The molecule has 0 bridgehead atoms. The number of ether oxygens (including phenoxy) is 4. The molecule has 10 rings (SSSR count). The van der Waals surface area contributed by atoms with Gasteiger partial charge in [0.1, 0.15) is 60.3 Å². The molecule has 4 aromatic heterocycles. The lowest BCUT2D eigenvalue weighted by atomic mass is 10.0. The monoisotopic (exact) mass is 1140 g/mol. The molecule has 0 aliphatic carbocycles. The number of benzene rings is 6. The lowest BCUT2D eigenvalue weighted by molar-refractivity contribution is 0.0686. The van der Waals surface area contributed by atoms with Crippen LogP contribution in [0, 0.1) is 36.0 Å². The number of hydrogen-bond donors (Lipinski definition) is 3. The molecule has 83 heavy (non-hydrogen) atoms. The van der Waals surface area contributed by atoms with Crippen LogP contribution in [0.3, 0.4) is 0 Å². The molecule has 0 amide bonds. The van der Waals surface area contributed by atoms with E-state index in [4.69, 9.17) is 18.9 Å². The molecule has 0 saturated heterocycles. The summed E-state index contributed by atoms with van der Waals surface area (Å²) in [6.07, 6.45) is 3.83. The second kappa shape index (κ2) is 28.3. The molecule has 6 aromatic carbocycles. The van der Waals surface area contributed by atoms with Gasteiger partial charge in [-0.15, -0.1) is 0 Å². The highest BCUT2D eigenvalue weighted by Crippen LogP contribution is 2.34. The topological polar surface area (TPSA) is 221 Å². The van der Waals surface area contributed by atoms with E-state index in [9.17, 15) is 24.2 Å². The molecule has 0 radical (unpaired) electrons. The van der Waals surface area contributed by atoms with E-state index in [1.807, 2.05) is 44.2 Å². The summed E-state index contributed by atoms with van der Waals surface area (Å²) < 4.78 is 101. The summed E-state index contributed by atoms with van der Waals surface area (Å²) in [7, 11) is 3.05. The maximum Gasteiger partial charge on any atom is 0.335 e. The first-order valence-electron chi connectivity index (χ1n) is 25.9. The Hall–Kier alpha value is -9.44. The van der Waals surface area contributed by atoms with Crippen LogP contribution in [-0.4, -0.2) is 83.6 Å². The number of carboxylic acid groups (broad SMARTS) is 2. The average Bonchev–Trinajstić information content (AvgIpc) is 4.26. The summed E-state index contributed by atoms with van der Waals surface area (Å²) in [5, 5.41) is 18.8. The van der Waals surface area contributed by atoms with Crippen molar-refractivity contribution in [3.05, 3.63) is 220 Å². The highest BCUT2D eigenvalue weighted by molar-refractivity contribution is 5.93. The van der Waals surface area contributed by atoms with E-state index < -0.39 is 41.0 Å². The van der Waals surface area contributed by atoms with E-state index in [-0.39, 0.29) is 84.0 Å². The van der Waals surface area contributed by atoms with Crippen molar-refractivity contribution in [1.29, 1.82) is 0 Å². The zero-order valence-electron chi connectivity index (χ0n) is 46.0. The van der Waals surface area contributed by atoms with E-state index in [2.05, 4.69) is 24.9 Å². The summed E-state index contributed by atoms with van der Waals surface area (Å²) in [5.74, 6) is -4.68. The Bertz CT molecular complexity index is 3850. The predicted molar refractivity (Wildman–Crippen MR) is 302 cm³/mol. The van der Waals surface area contributed by atoms with Crippen LogP contribution in [0.25, 0.3) is 44.3 Å². The molecule has 0 saturated carbocycles. The van der Waals surface area contributed by atoms with Gasteiger partial charge in [0, 0.05) is 74.8 Å². The molecule has 0 aliphatic rings. The Morgan fingerprint density at radius 3 is 1.58 bits per heavy atom. The van der Waals surface area contributed by atoms with Crippen molar-refractivity contribution in [2.75, 3.05) is 27.4 Å². The smallest absolute Gasteiger partial charge is 0.335 e. The zero-order chi connectivity index (χ0) is 58.5. The number of hydrogen-bond acceptors (Lipinski definition) is 12. The predicted octanol–water partition coefficient (Wildman–Crippen LogP) is 12.8. The number of aromatic nitrogens is 7. The Morgan fingerprint density at radius 1 is 0.566 bits per heavy atom. The summed E-state index contributed by atoms with van der Waals surface area (Å²) in [6.45, 7) is 7.12. The van der Waals surface area contributed by atoms with Gasteiger partial charge in [-0.1, -0.05) is 56.3 Å². The van der Waals surface area contributed by atoms with Gasteiger partial charge in [0.25, 0.3) is 0 Å². The Morgan fingerprint density at radius 2 is 1.07 bits per heavy atom. The van der Waals surface area contributed by atoms with Gasteiger partial charge in [0.2, 0.25) is 11.8 Å². The number of aryl methyl sites for hydroxylation is 1. The van der Waals surface area contributed by atoms with Crippen molar-refractivity contribution in [2.24, 2.45) is 0 Å². The molecule has 4 heterocycles. The first-order chi connectivity index (χ1) is 39.7. The van der Waals surface area contributed by atoms with Crippen molar-refractivity contribution in [2.45, 2.75) is 59.9 Å². The van der Waals surface area contributed by atoms with Crippen molar-refractivity contribution >= 4 is 34.0 Å². The van der Waals surface area contributed by atoms with E-state index in [1.165, 1.54) is 69.2 Å². The van der Waals surface area contributed by atoms with Gasteiger partial charge in [0.15, 0.2) is 0 Å². The number of halogens is 5.